The van der Waals surface area contributed by atoms with Crippen molar-refractivity contribution in [2.75, 3.05) is 18.5 Å². The summed E-state index contributed by atoms with van der Waals surface area (Å²) in [5.41, 5.74) is 1.08. The van der Waals surface area contributed by atoms with E-state index in [1.165, 1.54) is 0 Å². The number of hydrogen-bond donors (Lipinski definition) is 0. The van der Waals surface area contributed by atoms with Gasteiger partial charge in [0.25, 0.3) is 0 Å². The monoisotopic (exact) mass is 146 g/mol. The molecule has 1 aromatic carbocycles. The van der Waals surface area contributed by atoms with Gasteiger partial charge >= 0.3 is 0 Å². The Morgan fingerprint density at radius 1 is 1.36 bits per heavy atom. The average molecular weight is 146 g/mol. The quantitative estimate of drug-likeness (QED) is 0.593. The molecule has 56 valence electrons. The third-order valence-electron chi connectivity index (χ3n) is 1.50. The highest BCUT2D eigenvalue weighted by atomic mass is 15.1. The summed E-state index contributed by atoms with van der Waals surface area (Å²) in [5, 5.41) is 8.41. The number of nitrogens with zero attached hydrogens (tertiary/aromatic N) is 2. The minimum Gasteiger partial charge on any atom is -0.361 e. The molecule has 0 amide bonds. The van der Waals surface area contributed by atoms with Crippen molar-refractivity contribution < 1.29 is 0 Å². The lowest BCUT2D eigenvalue weighted by atomic mass is 10.3. The molecular formula is C9H10N2. The molecule has 0 unspecified atom stereocenters. The van der Waals surface area contributed by atoms with E-state index in [0.29, 0.717) is 6.54 Å². The standard InChI is InChI=1S/C9H10N2/c1-11(8-7-10)9-5-3-2-4-6-9/h2-6H,8H2,1H3. The highest BCUT2D eigenvalue weighted by molar-refractivity contribution is 5.45. The molecule has 2 nitrogen and oxygen atoms in total. The molecule has 0 spiro atoms. The minimum atomic E-state index is 0.435. The maximum atomic E-state index is 8.41. The third-order valence-corrected chi connectivity index (χ3v) is 1.50. The molecule has 0 saturated heterocycles. The van der Waals surface area contributed by atoms with E-state index in [1.807, 2.05) is 42.3 Å². The summed E-state index contributed by atoms with van der Waals surface area (Å²) in [6, 6.07) is 11.9. The van der Waals surface area contributed by atoms with Crippen molar-refractivity contribution in [3.8, 4) is 6.07 Å². The zero-order valence-electron chi connectivity index (χ0n) is 6.49. The van der Waals surface area contributed by atoms with E-state index in [1.54, 1.807) is 0 Å². The Kier molecular flexibility index (Phi) is 2.51. The fourth-order valence-electron chi connectivity index (χ4n) is 0.880. The van der Waals surface area contributed by atoms with Crippen LogP contribution in [0.1, 0.15) is 0 Å². The first kappa shape index (κ1) is 7.62. The second-order valence-corrected chi connectivity index (χ2v) is 2.35. The number of nitriles is 1. The van der Waals surface area contributed by atoms with E-state index in [0.717, 1.165) is 5.69 Å². The summed E-state index contributed by atoms with van der Waals surface area (Å²) >= 11 is 0. The molecule has 0 heterocycles. The molecule has 0 aromatic heterocycles. The van der Waals surface area contributed by atoms with Gasteiger partial charge in [-0.05, 0) is 12.1 Å². The second kappa shape index (κ2) is 3.62. The molecular weight excluding hydrogens is 136 g/mol. The maximum Gasteiger partial charge on any atom is 0.105 e. The van der Waals surface area contributed by atoms with Crippen molar-refractivity contribution in [3.63, 3.8) is 0 Å². The lowest BCUT2D eigenvalue weighted by Crippen LogP contribution is -2.16. The van der Waals surface area contributed by atoms with Gasteiger partial charge in [0.2, 0.25) is 0 Å². The van der Waals surface area contributed by atoms with Gasteiger partial charge in [-0.15, -0.1) is 0 Å². The van der Waals surface area contributed by atoms with Gasteiger partial charge in [0.05, 0.1) is 6.07 Å². The number of hydrogen-bond acceptors (Lipinski definition) is 2. The molecule has 11 heavy (non-hydrogen) atoms. The summed E-state index contributed by atoms with van der Waals surface area (Å²) in [6.07, 6.45) is 0. The maximum absolute atomic E-state index is 8.41. The van der Waals surface area contributed by atoms with Crippen molar-refractivity contribution in [1.82, 2.24) is 0 Å². The summed E-state index contributed by atoms with van der Waals surface area (Å²) in [7, 11) is 1.90. The van der Waals surface area contributed by atoms with Crippen LogP contribution in [0.15, 0.2) is 30.3 Å². The smallest absolute Gasteiger partial charge is 0.105 e. The normalized spacial score (nSPS) is 8.73. The predicted molar refractivity (Wildman–Crippen MR) is 45.3 cm³/mol. The third kappa shape index (κ3) is 1.98. The van der Waals surface area contributed by atoms with E-state index in [-0.39, 0.29) is 0 Å². The highest BCUT2D eigenvalue weighted by Crippen LogP contribution is 2.09. The van der Waals surface area contributed by atoms with Crippen LogP contribution in [0.3, 0.4) is 0 Å². The zero-order chi connectivity index (χ0) is 8.10. The van der Waals surface area contributed by atoms with Crippen molar-refractivity contribution >= 4 is 5.69 Å². The Balaban J connectivity index is 2.70. The van der Waals surface area contributed by atoms with E-state index in [2.05, 4.69) is 6.07 Å². The van der Waals surface area contributed by atoms with Gasteiger partial charge in [0.1, 0.15) is 6.54 Å². The molecule has 0 radical (unpaired) electrons. The highest BCUT2D eigenvalue weighted by Gasteiger charge is 1.95. The zero-order valence-corrected chi connectivity index (χ0v) is 6.49. The van der Waals surface area contributed by atoms with Gasteiger partial charge in [-0.2, -0.15) is 5.26 Å². The summed E-state index contributed by atoms with van der Waals surface area (Å²) in [6.45, 7) is 0.435. The van der Waals surface area contributed by atoms with E-state index >= 15 is 0 Å². The molecule has 0 aliphatic heterocycles. The second-order valence-electron chi connectivity index (χ2n) is 2.35. The summed E-state index contributed by atoms with van der Waals surface area (Å²) in [4.78, 5) is 1.90. The molecule has 0 saturated carbocycles. The minimum absolute atomic E-state index is 0.435. The van der Waals surface area contributed by atoms with Gasteiger partial charge in [0, 0.05) is 12.7 Å². The number of rotatable bonds is 2. The van der Waals surface area contributed by atoms with Crippen LogP contribution in [0.2, 0.25) is 0 Å². The van der Waals surface area contributed by atoms with Crippen molar-refractivity contribution in [2.24, 2.45) is 0 Å². The Bertz CT molecular complexity index is 248. The van der Waals surface area contributed by atoms with Gasteiger partial charge in [-0.1, -0.05) is 18.2 Å². The molecule has 0 atom stereocenters. The first-order valence-corrected chi connectivity index (χ1v) is 3.47. The lowest BCUT2D eigenvalue weighted by Gasteiger charge is -2.13. The Morgan fingerprint density at radius 2 is 2.00 bits per heavy atom. The SMILES string of the molecule is CN(CC#N)c1ccccc1. The fourth-order valence-corrected chi connectivity index (χ4v) is 0.880. The van der Waals surface area contributed by atoms with Gasteiger partial charge in [-0.25, -0.2) is 0 Å². The topological polar surface area (TPSA) is 27.0 Å². The Morgan fingerprint density at radius 3 is 2.55 bits per heavy atom. The van der Waals surface area contributed by atoms with Crippen LogP contribution in [0.25, 0.3) is 0 Å². The van der Waals surface area contributed by atoms with E-state index in [9.17, 15) is 0 Å². The molecule has 0 aliphatic rings. The summed E-state index contributed by atoms with van der Waals surface area (Å²) in [5.74, 6) is 0. The van der Waals surface area contributed by atoms with Crippen molar-refractivity contribution in [1.29, 1.82) is 5.26 Å². The molecule has 0 bridgehead atoms. The van der Waals surface area contributed by atoms with Crippen LogP contribution >= 0.6 is 0 Å². The van der Waals surface area contributed by atoms with Crippen LogP contribution in [-0.2, 0) is 0 Å². The predicted octanol–water partition coefficient (Wildman–Crippen LogP) is 1.65. The molecule has 0 fully saturated rings. The molecule has 1 rings (SSSR count). The summed E-state index contributed by atoms with van der Waals surface area (Å²) < 4.78 is 0. The van der Waals surface area contributed by atoms with Crippen molar-refractivity contribution in [2.45, 2.75) is 0 Å². The average Bonchev–Trinajstić information content (AvgIpc) is 2.07. The number of para-hydroxylation sites is 1. The van der Waals surface area contributed by atoms with Crippen LogP contribution in [0, 0.1) is 11.3 Å². The number of benzene rings is 1. The van der Waals surface area contributed by atoms with Gasteiger partial charge in [-0.3, -0.25) is 0 Å². The molecule has 2 heteroatoms. The first-order chi connectivity index (χ1) is 5.34. The molecule has 0 N–H and O–H groups in total. The molecule has 1 aromatic rings. The van der Waals surface area contributed by atoms with E-state index in [4.69, 9.17) is 5.26 Å². The van der Waals surface area contributed by atoms with Crippen LogP contribution in [0.4, 0.5) is 5.69 Å². The number of anilines is 1. The molecule has 0 aliphatic carbocycles. The lowest BCUT2D eigenvalue weighted by molar-refractivity contribution is 1.04. The largest absolute Gasteiger partial charge is 0.361 e. The van der Waals surface area contributed by atoms with Crippen LogP contribution < -0.4 is 4.90 Å². The van der Waals surface area contributed by atoms with Crippen molar-refractivity contribution in [3.05, 3.63) is 30.3 Å². The van der Waals surface area contributed by atoms with E-state index < -0.39 is 0 Å². The van der Waals surface area contributed by atoms with Gasteiger partial charge in [0.15, 0.2) is 0 Å². The van der Waals surface area contributed by atoms with Crippen LogP contribution in [0.5, 0.6) is 0 Å². The first-order valence-electron chi connectivity index (χ1n) is 3.47. The van der Waals surface area contributed by atoms with Crippen LogP contribution in [-0.4, -0.2) is 13.6 Å². The Labute approximate surface area is 66.7 Å². The Hall–Kier alpha value is -1.49. The fraction of sp³-hybridized carbons (Fsp3) is 0.222. The van der Waals surface area contributed by atoms with Gasteiger partial charge < -0.3 is 4.90 Å².